The Morgan fingerprint density at radius 1 is 1.44 bits per heavy atom. The number of amides is 1. The molecule has 1 heterocycles. The molecule has 1 aromatic heterocycles. The summed E-state index contributed by atoms with van der Waals surface area (Å²) in [7, 11) is 1.78. The molecule has 0 bridgehead atoms. The zero-order chi connectivity index (χ0) is 13.0. The van der Waals surface area contributed by atoms with Crippen molar-refractivity contribution in [1.29, 1.82) is 0 Å². The van der Waals surface area contributed by atoms with Gasteiger partial charge in [0.15, 0.2) is 0 Å². The summed E-state index contributed by atoms with van der Waals surface area (Å²) >= 11 is 5.89. The molecule has 0 radical (unpaired) electrons. The van der Waals surface area contributed by atoms with Crippen molar-refractivity contribution in [2.45, 2.75) is 13.0 Å². The molecule has 0 spiro atoms. The summed E-state index contributed by atoms with van der Waals surface area (Å²) in [6.45, 7) is 0.551. The van der Waals surface area contributed by atoms with Crippen molar-refractivity contribution in [1.82, 2.24) is 15.1 Å². The minimum atomic E-state index is 0.0541. The number of benzene rings is 1. The van der Waals surface area contributed by atoms with Crippen LogP contribution in [0.2, 0.25) is 5.02 Å². The van der Waals surface area contributed by atoms with E-state index in [0.717, 1.165) is 11.1 Å². The van der Waals surface area contributed by atoms with Gasteiger partial charge < -0.3 is 4.90 Å². The van der Waals surface area contributed by atoms with E-state index in [2.05, 4.69) is 10.2 Å². The van der Waals surface area contributed by atoms with Crippen LogP contribution < -0.4 is 0 Å². The predicted molar refractivity (Wildman–Crippen MR) is 70.2 cm³/mol. The molecule has 0 atom stereocenters. The van der Waals surface area contributed by atoms with Gasteiger partial charge >= 0.3 is 0 Å². The Morgan fingerprint density at radius 3 is 2.94 bits per heavy atom. The van der Waals surface area contributed by atoms with E-state index in [1.165, 1.54) is 0 Å². The second-order valence-electron chi connectivity index (χ2n) is 4.16. The molecule has 2 rings (SSSR count). The number of rotatable bonds is 4. The Balaban J connectivity index is 1.95. The quantitative estimate of drug-likeness (QED) is 0.920. The summed E-state index contributed by atoms with van der Waals surface area (Å²) in [5.74, 6) is 0.0541. The first-order chi connectivity index (χ1) is 8.65. The number of nitrogens with zero attached hydrogens (tertiary/aromatic N) is 2. The second-order valence-corrected chi connectivity index (χ2v) is 4.60. The summed E-state index contributed by atoms with van der Waals surface area (Å²) in [5.41, 5.74) is 1.91. The average Bonchev–Trinajstić information content (AvgIpc) is 2.81. The summed E-state index contributed by atoms with van der Waals surface area (Å²) in [5, 5.41) is 7.23. The molecule has 1 aromatic carbocycles. The van der Waals surface area contributed by atoms with Gasteiger partial charge in [-0.1, -0.05) is 23.7 Å². The van der Waals surface area contributed by atoms with E-state index in [4.69, 9.17) is 11.6 Å². The number of halogens is 1. The van der Waals surface area contributed by atoms with E-state index in [9.17, 15) is 4.79 Å². The first-order valence-corrected chi connectivity index (χ1v) is 5.99. The van der Waals surface area contributed by atoms with E-state index in [1.807, 2.05) is 18.2 Å². The lowest BCUT2D eigenvalue weighted by Crippen LogP contribution is -2.27. The van der Waals surface area contributed by atoms with Crippen LogP contribution in [0.4, 0.5) is 0 Å². The lowest BCUT2D eigenvalue weighted by molar-refractivity contribution is -0.129. The summed E-state index contributed by atoms with van der Waals surface area (Å²) in [6, 6.07) is 7.35. The molecule has 0 aliphatic heterocycles. The van der Waals surface area contributed by atoms with Gasteiger partial charge in [0, 0.05) is 30.4 Å². The Labute approximate surface area is 111 Å². The number of carbonyl (C=O) groups excluding carboxylic acids is 1. The summed E-state index contributed by atoms with van der Waals surface area (Å²) in [4.78, 5) is 13.7. The fourth-order valence-electron chi connectivity index (χ4n) is 1.68. The van der Waals surface area contributed by atoms with Crippen molar-refractivity contribution in [2.24, 2.45) is 0 Å². The average molecular weight is 264 g/mol. The Hall–Kier alpha value is -1.81. The van der Waals surface area contributed by atoms with Gasteiger partial charge in [-0.15, -0.1) is 0 Å². The molecule has 0 saturated carbocycles. The fraction of sp³-hybridized carbons (Fsp3) is 0.231. The van der Waals surface area contributed by atoms with Crippen molar-refractivity contribution in [3.63, 3.8) is 0 Å². The summed E-state index contributed by atoms with van der Waals surface area (Å²) in [6.07, 6.45) is 3.85. The highest BCUT2D eigenvalue weighted by Crippen LogP contribution is 2.12. The molecule has 0 fully saturated rings. The van der Waals surface area contributed by atoms with Gasteiger partial charge in [-0.05, 0) is 17.7 Å². The molecule has 2 aromatic rings. The van der Waals surface area contributed by atoms with Crippen molar-refractivity contribution in [3.8, 4) is 0 Å². The van der Waals surface area contributed by atoms with Crippen molar-refractivity contribution >= 4 is 17.5 Å². The Kier molecular flexibility index (Phi) is 3.99. The van der Waals surface area contributed by atoms with Gasteiger partial charge in [0.25, 0.3) is 0 Å². The molecular formula is C13H14ClN3O. The van der Waals surface area contributed by atoms with Gasteiger partial charge in [-0.2, -0.15) is 5.10 Å². The highest BCUT2D eigenvalue weighted by atomic mass is 35.5. The van der Waals surface area contributed by atoms with Crippen LogP contribution >= 0.6 is 11.6 Å². The van der Waals surface area contributed by atoms with Crippen LogP contribution in [0.3, 0.4) is 0 Å². The van der Waals surface area contributed by atoms with E-state index in [0.29, 0.717) is 18.0 Å². The van der Waals surface area contributed by atoms with Gasteiger partial charge in [0.1, 0.15) is 0 Å². The number of likely N-dealkylation sites (N-methyl/N-ethyl adjacent to an activating group) is 1. The van der Waals surface area contributed by atoms with Crippen molar-refractivity contribution in [3.05, 3.63) is 52.8 Å². The monoisotopic (exact) mass is 263 g/mol. The van der Waals surface area contributed by atoms with Crippen LogP contribution in [-0.2, 0) is 17.8 Å². The van der Waals surface area contributed by atoms with Crippen LogP contribution in [0.25, 0.3) is 0 Å². The van der Waals surface area contributed by atoms with Crippen LogP contribution in [0.1, 0.15) is 11.1 Å². The number of nitrogens with one attached hydrogen (secondary N) is 1. The van der Waals surface area contributed by atoms with E-state index >= 15 is 0 Å². The molecule has 0 aliphatic rings. The molecule has 1 N–H and O–H groups in total. The van der Waals surface area contributed by atoms with Crippen molar-refractivity contribution in [2.75, 3.05) is 7.05 Å². The number of hydrogen-bond acceptors (Lipinski definition) is 2. The number of hydrogen-bond donors (Lipinski definition) is 1. The lowest BCUT2D eigenvalue weighted by atomic mass is 10.1. The molecule has 0 saturated heterocycles. The number of H-pyrrole nitrogens is 1. The van der Waals surface area contributed by atoms with Crippen LogP contribution in [-0.4, -0.2) is 28.1 Å². The molecule has 1 amide bonds. The topological polar surface area (TPSA) is 49.0 Å². The third-order valence-corrected chi connectivity index (χ3v) is 2.88. The predicted octanol–water partition coefficient (Wildman–Crippen LogP) is 2.26. The highest BCUT2D eigenvalue weighted by molar-refractivity contribution is 6.30. The Bertz CT molecular complexity index is 525. The van der Waals surface area contributed by atoms with Gasteiger partial charge in [-0.25, -0.2) is 0 Å². The third kappa shape index (κ3) is 3.34. The van der Waals surface area contributed by atoms with E-state index < -0.39 is 0 Å². The fourth-order valence-corrected chi connectivity index (χ4v) is 1.90. The lowest BCUT2D eigenvalue weighted by Gasteiger charge is -2.16. The molecule has 94 valence electrons. The minimum Gasteiger partial charge on any atom is -0.341 e. The largest absolute Gasteiger partial charge is 0.341 e. The number of aromatic nitrogens is 2. The third-order valence-electron chi connectivity index (χ3n) is 2.64. The van der Waals surface area contributed by atoms with Crippen molar-refractivity contribution < 1.29 is 4.79 Å². The zero-order valence-corrected chi connectivity index (χ0v) is 10.8. The summed E-state index contributed by atoms with van der Waals surface area (Å²) < 4.78 is 0. The SMILES string of the molecule is CN(Cc1cn[nH]c1)C(=O)Cc1cccc(Cl)c1. The first-order valence-electron chi connectivity index (χ1n) is 5.61. The molecule has 5 heteroatoms. The zero-order valence-electron chi connectivity index (χ0n) is 10.1. The molecule has 18 heavy (non-hydrogen) atoms. The van der Waals surface area contributed by atoms with Gasteiger partial charge in [0.2, 0.25) is 5.91 Å². The first kappa shape index (κ1) is 12.6. The Morgan fingerprint density at radius 2 is 2.28 bits per heavy atom. The standard InChI is InChI=1S/C13H14ClN3O/c1-17(9-11-7-15-16-8-11)13(18)6-10-3-2-4-12(14)5-10/h2-5,7-8H,6,9H2,1H3,(H,15,16). The van der Waals surface area contributed by atoms with Gasteiger partial charge in [0.05, 0.1) is 12.6 Å². The van der Waals surface area contributed by atoms with Crippen LogP contribution in [0, 0.1) is 0 Å². The highest BCUT2D eigenvalue weighted by Gasteiger charge is 2.10. The van der Waals surface area contributed by atoms with Gasteiger partial charge in [-0.3, -0.25) is 9.89 Å². The maximum atomic E-state index is 12.0. The maximum absolute atomic E-state index is 12.0. The smallest absolute Gasteiger partial charge is 0.227 e. The van der Waals surface area contributed by atoms with Crippen LogP contribution in [0.5, 0.6) is 0 Å². The van der Waals surface area contributed by atoms with Crippen LogP contribution in [0.15, 0.2) is 36.7 Å². The molecule has 0 aliphatic carbocycles. The minimum absolute atomic E-state index is 0.0541. The molecule has 0 unspecified atom stereocenters. The second kappa shape index (κ2) is 5.69. The molecular weight excluding hydrogens is 250 g/mol. The number of aromatic amines is 1. The van der Waals surface area contributed by atoms with E-state index in [-0.39, 0.29) is 5.91 Å². The maximum Gasteiger partial charge on any atom is 0.227 e. The molecule has 4 nitrogen and oxygen atoms in total. The van der Waals surface area contributed by atoms with E-state index in [1.54, 1.807) is 30.4 Å². The number of carbonyl (C=O) groups is 1. The normalized spacial score (nSPS) is 10.3.